The Balaban J connectivity index is 1.89. The van der Waals surface area contributed by atoms with Crippen LogP contribution in [-0.2, 0) is 14.3 Å². The van der Waals surface area contributed by atoms with E-state index in [1.165, 1.54) is 18.3 Å². The van der Waals surface area contributed by atoms with E-state index in [2.05, 4.69) is 19.2 Å². The molecule has 2 atom stereocenters. The number of carbonyl (C=O) groups excluding carboxylic acids is 2. The smallest absolute Gasteiger partial charge is 0.339 e. The first-order valence-corrected chi connectivity index (χ1v) is 9.67. The lowest BCUT2D eigenvalue weighted by atomic mass is 9.63. The number of esters is 1. The zero-order valence-electron chi connectivity index (χ0n) is 16.6. The van der Waals surface area contributed by atoms with Gasteiger partial charge < -0.3 is 15.2 Å². The molecule has 6 heteroatoms. The van der Waals surface area contributed by atoms with E-state index >= 15 is 0 Å². The lowest BCUT2D eigenvalue weighted by molar-refractivity contribution is -0.146. The van der Waals surface area contributed by atoms with Gasteiger partial charge in [-0.15, -0.1) is 0 Å². The molecule has 0 fully saturated rings. The van der Waals surface area contributed by atoms with E-state index in [-0.39, 0.29) is 16.9 Å². The van der Waals surface area contributed by atoms with Gasteiger partial charge in [0.2, 0.25) is 5.91 Å². The third kappa shape index (κ3) is 3.81. The number of hydrogen-bond acceptors (Lipinski definition) is 4. The summed E-state index contributed by atoms with van der Waals surface area (Å²) in [7, 11) is 1.28. The van der Waals surface area contributed by atoms with Gasteiger partial charge >= 0.3 is 11.9 Å². The topological polar surface area (TPSA) is 92.7 Å². The quantitative estimate of drug-likeness (QED) is 0.603. The number of rotatable bonds is 4. The second-order valence-electron chi connectivity index (χ2n) is 8.31. The maximum absolute atomic E-state index is 13.1. The molecule has 150 valence electrons. The van der Waals surface area contributed by atoms with Crippen LogP contribution in [0.1, 0.15) is 56.3 Å². The minimum absolute atomic E-state index is 0.0144. The van der Waals surface area contributed by atoms with E-state index in [1.807, 2.05) is 0 Å². The Labute approximate surface area is 165 Å². The molecule has 3 rings (SSSR count). The van der Waals surface area contributed by atoms with E-state index in [9.17, 15) is 19.5 Å². The first-order chi connectivity index (χ1) is 13.2. The number of nitrogens with one attached hydrogen (secondary N) is 1. The molecular weight excluding hydrogens is 358 g/mol. The molecule has 0 saturated heterocycles. The number of aliphatic carboxylic acids is 1. The van der Waals surface area contributed by atoms with Crippen molar-refractivity contribution >= 4 is 23.5 Å². The summed E-state index contributed by atoms with van der Waals surface area (Å²) < 4.78 is 4.77. The molecule has 0 aliphatic heterocycles. The molecule has 2 aliphatic rings. The fourth-order valence-corrected chi connectivity index (χ4v) is 4.58. The van der Waals surface area contributed by atoms with Crippen LogP contribution in [-0.4, -0.2) is 30.1 Å². The summed E-state index contributed by atoms with van der Waals surface area (Å²) in [6, 6.07) is 6.59. The van der Waals surface area contributed by atoms with Gasteiger partial charge in [0.05, 0.1) is 30.2 Å². The fourth-order valence-electron chi connectivity index (χ4n) is 4.58. The van der Waals surface area contributed by atoms with Gasteiger partial charge in [-0.3, -0.25) is 9.59 Å². The molecule has 28 heavy (non-hydrogen) atoms. The van der Waals surface area contributed by atoms with Gasteiger partial charge in [0.15, 0.2) is 0 Å². The Morgan fingerprint density at radius 1 is 1.14 bits per heavy atom. The summed E-state index contributed by atoms with van der Waals surface area (Å²) in [5.74, 6) is -3.28. The van der Waals surface area contributed by atoms with E-state index in [0.717, 1.165) is 19.3 Å². The highest BCUT2D eigenvalue weighted by Gasteiger charge is 2.43. The lowest BCUT2D eigenvalue weighted by Crippen LogP contribution is -2.40. The number of carbonyl (C=O) groups is 3. The van der Waals surface area contributed by atoms with Crippen molar-refractivity contribution in [3.05, 3.63) is 41.0 Å². The highest BCUT2D eigenvalue weighted by molar-refractivity contribution is 6.02. The minimum Gasteiger partial charge on any atom is -0.481 e. The Morgan fingerprint density at radius 3 is 2.54 bits per heavy atom. The van der Waals surface area contributed by atoms with Crippen molar-refractivity contribution in [1.29, 1.82) is 0 Å². The van der Waals surface area contributed by atoms with Gasteiger partial charge in [-0.1, -0.05) is 37.1 Å². The van der Waals surface area contributed by atoms with Crippen molar-refractivity contribution in [2.24, 2.45) is 17.3 Å². The monoisotopic (exact) mass is 385 g/mol. The first kappa shape index (κ1) is 20.1. The Hall–Kier alpha value is -2.63. The standard InChI is InChI=1S/C22H27NO5/c1-22(2)10-6-7-13-11-16(20(25)26)15(12-17(13)22)19(24)23-18-9-5-4-8-14(18)21(27)28-3/h4-5,8-9,15-16H,6-7,10-12H2,1-3H3,(H,23,24)(H,25,26)/t15-,16-/m1/s1. The number of allylic oxidation sites excluding steroid dienone is 2. The SMILES string of the molecule is COC(=O)c1ccccc1NC(=O)[C@@H]1CC2=C(CCCC2(C)C)C[C@H]1C(=O)O. The van der Waals surface area contributed by atoms with Crippen LogP contribution in [0.25, 0.3) is 0 Å². The fraction of sp³-hybridized carbons (Fsp3) is 0.500. The zero-order chi connectivity index (χ0) is 20.5. The molecule has 1 aromatic rings. The first-order valence-electron chi connectivity index (χ1n) is 9.67. The molecule has 0 radical (unpaired) electrons. The van der Waals surface area contributed by atoms with Crippen LogP contribution in [0.5, 0.6) is 0 Å². The molecular formula is C22H27NO5. The number of anilines is 1. The van der Waals surface area contributed by atoms with Gasteiger partial charge in [-0.2, -0.15) is 0 Å². The highest BCUT2D eigenvalue weighted by atomic mass is 16.5. The van der Waals surface area contributed by atoms with E-state index < -0.39 is 23.8 Å². The molecule has 0 heterocycles. The maximum atomic E-state index is 13.1. The summed E-state index contributed by atoms with van der Waals surface area (Å²) in [6.07, 6.45) is 3.89. The summed E-state index contributed by atoms with van der Waals surface area (Å²) in [5.41, 5.74) is 3.02. The second-order valence-corrected chi connectivity index (χ2v) is 8.31. The van der Waals surface area contributed by atoms with Gasteiger partial charge in [0, 0.05) is 0 Å². The van der Waals surface area contributed by atoms with Crippen molar-refractivity contribution in [2.45, 2.75) is 46.0 Å². The number of carboxylic acid groups (broad SMARTS) is 1. The van der Waals surface area contributed by atoms with E-state index in [1.54, 1.807) is 24.3 Å². The van der Waals surface area contributed by atoms with Crippen LogP contribution in [0.15, 0.2) is 35.4 Å². The van der Waals surface area contributed by atoms with Gasteiger partial charge in [0.25, 0.3) is 0 Å². The second kappa shape index (κ2) is 7.78. The summed E-state index contributed by atoms with van der Waals surface area (Å²) in [4.78, 5) is 36.9. The maximum Gasteiger partial charge on any atom is 0.339 e. The number of amides is 1. The Kier molecular flexibility index (Phi) is 5.59. The number of para-hydroxylation sites is 1. The molecule has 0 unspecified atom stereocenters. The van der Waals surface area contributed by atoms with Crippen molar-refractivity contribution in [1.82, 2.24) is 0 Å². The lowest BCUT2D eigenvalue weighted by Gasteiger charge is -2.42. The van der Waals surface area contributed by atoms with Gasteiger partial charge in [0.1, 0.15) is 0 Å². The average molecular weight is 385 g/mol. The van der Waals surface area contributed by atoms with Crippen LogP contribution in [0.4, 0.5) is 5.69 Å². The summed E-state index contributed by atoms with van der Waals surface area (Å²) in [6.45, 7) is 4.34. The van der Waals surface area contributed by atoms with Crippen LogP contribution in [0.2, 0.25) is 0 Å². The molecule has 0 spiro atoms. The molecule has 2 aliphatic carbocycles. The van der Waals surface area contributed by atoms with Crippen molar-refractivity contribution in [2.75, 3.05) is 12.4 Å². The van der Waals surface area contributed by atoms with Gasteiger partial charge in [-0.05, 0) is 49.7 Å². The van der Waals surface area contributed by atoms with E-state index in [4.69, 9.17) is 4.74 Å². The zero-order valence-corrected chi connectivity index (χ0v) is 16.6. The molecule has 0 bridgehead atoms. The minimum atomic E-state index is -0.948. The van der Waals surface area contributed by atoms with E-state index in [0.29, 0.717) is 18.5 Å². The van der Waals surface area contributed by atoms with Crippen LogP contribution in [0, 0.1) is 17.3 Å². The summed E-state index contributed by atoms with van der Waals surface area (Å²) >= 11 is 0. The number of benzene rings is 1. The molecule has 0 aromatic heterocycles. The Bertz CT molecular complexity index is 839. The molecule has 1 aromatic carbocycles. The number of methoxy groups -OCH3 is 1. The largest absolute Gasteiger partial charge is 0.481 e. The van der Waals surface area contributed by atoms with Crippen LogP contribution in [0.3, 0.4) is 0 Å². The highest BCUT2D eigenvalue weighted by Crippen LogP contribution is 2.49. The molecule has 1 amide bonds. The van der Waals surface area contributed by atoms with Gasteiger partial charge in [-0.25, -0.2) is 4.79 Å². The molecule has 2 N–H and O–H groups in total. The number of hydrogen-bond donors (Lipinski definition) is 2. The van der Waals surface area contributed by atoms with Crippen molar-refractivity contribution < 1.29 is 24.2 Å². The van der Waals surface area contributed by atoms with Crippen molar-refractivity contribution in [3.8, 4) is 0 Å². The third-order valence-corrected chi connectivity index (χ3v) is 6.14. The van der Waals surface area contributed by atoms with Crippen molar-refractivity contribution in [3.63, 3.8) is 0 Å². The molecule has 0 saturated carbocycles. The number of carboxylic acids is 1. The predicted octanol–water partition coefficient (Wildman–Crippen LogP) is 4.03. The summed E-state index contributed by atoms with van der Waals surface area (Å²) in [5, 5.41) is 12.5. The average Bonchev–Trinajstić information content (AvgIpc) is 2.66. The number of ether oxygens (including phenoxy) is 1. The normalized spacial score (nSPS) is 23.5. The van der Waals surface area contributed by atoms with Crippen LogP contribution < -0.4 is 5.32 Å². The predicted molar refractivity (Wildman–Crippen MR) is 105 cm³/mol. The molecule has 6 nitrogen and oxygen atoms in total. The van der Waals surface area contributed by atoms with Crippen LogP contribution >= 0.6 is 0 Å². The Morgan fingerprint density at radius 2 is 1.86 bits per heavy atom. The third-order valence-electron chi connectivity index (χ3n) is 6.14.